The van der Waals surface area contributed by atoms with Gasteiger partial charge in [0.1, 0.15) is 17.0 Å². The first-order valence-corrected chi connectivity index (χ1v) is 6.28. The molecule has 0 amide bonds. The van der Waals surface area contributed by atoms with Crippen LogP contribution in [0.2, 0.25) is 0 Å². The van der Waals surface area contributed by atoms with Gasteiger partial charge in [-0.25, -0.2) is 14.8 Å². The van der Waals surface area contributed by atoms with Crippen molar-refractivity contribution in [2.24, 2.45) is 14.1 Å². The summed E-state index contributed by atoms with van der Waals surface area (Å²) in [6, 6.07) is 0. The minimum Gasteiger partial charge on any atom is -0.372 e. The third-order valence-corrected chi connectivity index (χ3v) is 4.06. The normalized spacial score (nSPS) is 18.8. The maximum Gasteiger partial charge on any atom is 0.330 e. The van der Waals surface area contributed by atoms with Gasteiger partial charge in [0.2, 0.25) is 0 Å². The molecule has 1 atom stereocenters. The van der Waals surface area contributed by atoms with Gasteiger partial charge in [-0.2, -0.15) is 0 Å². The maximum absolute atomic E-state index is 12.0. The maximum atomic E-state index is 12.0. The number of rotatable bonds is 3. The quantitative estimate of drug-likeness (QED) is 0.441. The minimum atomic E-state index is -0.0859. The third kappa shape index (κ3) is 1.75. The second-order valence-corrected chi connectivity index (χ2v) is 5.03. The number of hydrogen-bond acceptors (Lipinski definition) is 5. The van der Waals surface area contributed by atoms with Gasteiger partial charge in [-0.05, 0) is 0 Å². The van der Waals surface area contributed by atoms with Gasteiger partial charge in [0.05, 0.1) is 12.7 Å². The van der Waals surface area contributed by atoms with E-state index in [1.165, 1.54) is 10.9 Å². The Hall–Kier alpha value is -1.34. The molecule has 3 aliphatic rings. The van der Waals surface area contributed by atoms with Crippen LogP contribution in [-0.2, 0) is 18.8 Å². The van der Waals surface area contributed by atoms with Crippen molar-refractivity contribution in [1.82, 2.24) is 19.1 Å². The number of imidazole rings is 1. The topological polar surface area (TPSA) is 65.2 Å². The largest absolute Gasteiger partial charge is 0.372 e. The monoisotopic (exact) mass is 252 g/mol. The zero-order chi connectivity index (χ0) is 12.0. The fraction of sp³-hybridized carbons (Fsp3) is 0.500. The number of epoxide rings is 1. The molecule has 0 saturated carbocycles. The van der Waals surface area contributed by atoms with E-state index in [0.29, 0.717) is 11.9 Å². The first-order chi connectivity index (χ1) is 8.18. The Morgan fingerprint density at radius 3 is 2.94 bits per heavy atom. The number of ether oxygens (including phenoxy) is 1. The van der Waals surface area contributed by atoms with E-state index in [4.69, 9.17) is 4.74 Å². The number of hydrogen-bond donors (Lipinski definition) is 0. The Morgan fingerprint density at radius 1 is 1.47 bits per heavy atom. The first kappa shape index (κ1) is 10.8. The van der Waals surface area contributed by atoms with E-state index in [9.17, 15) is 4.79 Å². The van der Waals surface area contributed by atoms with Crippen molar-refractivity contribution in [2.75, 3.05) is 12.4 Å². The Labute approximate surface area is 102 Å². The van der Waals surface area contributed by atoms with Gasteiger partial charge in [-0.15, -0.1) is 11.8 Å². The number of nitrogens with zero attached hydrogens (tertiary/aromatic N) is 4. The lowest BCUT2D eigenvalue weighted by Crippen LogP contribution is -2.30. The number of fused-ring (bicyclic) bond motifs is 1. The molecular formula is C10H12N4O2S. The second-order valence-electron chi connectivity index (χ2n) is 4.02. The molecule has 0 N–H and O–H groups in total. The second kappa shape index (κ2) is 3.85. The number of thioether (sulfide) groups is 1. The molecule has 0 aliphatic carbocycles. The van der Waals surface area contributed by atoms with Crippen LogP contribution in [-0.4, -0.2) is 37.6 Å². The molecule has 3 rings (SSSR count). The molecule has 0 spiro atoms. The van der Waals surface area contributed by atoms with Crippen LogP contribution < -0.4 is 5.69 Å². The summed E-state index contributed by atoms with van der Waals surface area (Å²) in [5, 5.41) is 0.858. The lowest BCUT2D eigenvalue weighted by atomic mass is 10.4. The highest BCUT2D eigenvalue weighted by molar-refractivity contribution is 7.99. The molecule has 0 bridgehead atoms. The predicted molar refractivity (Wildman–Crippen MR) is 63.3 cm³/mol. The van der Waals surface area contributed by atoms with Crippen molar-refractivity contribution >= 4 is 11.8 Å². The van der Waals surface area contributed by atoms with Crippen molar-refractivity contribution in [3.8, 4) is 11.5 Å². The molecule has 3 heterocycles. The Bertz CT molecular complexity index is 587. The molecule has 1 saturated heterocycles. The molecule has 0 aromatic heterocycles. The molecule has 17 heavy (non-hydrogen) atoms. The highest BCUT2D eigenvalue weighted by Crippen LogP contribution is 2.30. The molecule has 0 radical (unpaired) electrons. The van der Waals surface area contributed by atoms with E-state index in [1.807, 2.05) is 0 Å². The van der Waals surface area contributed by atoms with Crippen LogP contribution in [0.15, 0.2) is 16.1 Å². The molecule has 1 fully saturated rings. The smallest absolute Gasteiger partial charge is 0.330 e. The summed E-state index contributed by atoms with van der Waals surface area (Å²) in [7, 11) is 3.46. The minimum absolute atomic E-state index is 0.0859. The van der Waals surface area contributed by atoms with E-state index in [2.05, 4.69) is 9.97 Å². The van der Waals surface area contributed by atoms with Crippen LogP contribution >= 0.6 is 11.8 Å². The van der Waals surface area contributed by atoms with E-state index >= 15 is 0 Å². The molecule has 1 unspecified atom stereocenters. The Kier molecular flexibility index (Phi) is 2.44. The molecule has 0 aromatic rings. The van der Waals surface area contributed by atoms with Crippen LogP contribution in [0.1, 0.15) is 0 Å². The average molecular weight is 252 g/mol. The van der Waals surface area contributed by atoms with E-state index < -0.39 is 0 Å². The predicted octanol–water partition coefficient (Wildman–Crippen LogP) is 0.109. The van der Waals surface area contributed by atoms with Crippen LogP contribution in [0, 0.1) is 0 Å². The summed E-state index contributed by atoms with van der Waals surface area (Å²) in [4.78, 5) is 20.3. The van der Waals surface area contributed by atoms with Gasteiger partial charge >= 0.3 is 5.69 Å². The van der Waals surface area contributed by atoms with Crippen molar-refractivity contribution < 1.29 is 4.74 Å². The highest BCUT2D eigenvalue weighted by atomic mass is 32.2. The summed E-state index contributed by atoms with van der Waals surface area (Å²) in [5.74, 6) is 1.48. The van der Waals surface area contributed by atoms with Crippen LogP contribution in [0.3, 0.4) is 0 Å². The molecule has 0 aromatic carbocycles. The molecular weight excluding hydrogens is 240 g/mol. The summed E-state index contributed by atoms with van der Waals surface area (Å²) < 4.78 is 8.30. The zero-order valence-corrected chi connectivity index (χ0v) is 10.4. The van der Waals surface area contributed by atoms with Crippen molar-refractivity contribution in [2.45, 2.75) is 11.1 Å². The van der Waals surface area contributed by atoms with Gasteiger partial charge in [0.25, 0.3) is 0 Å². The Morgan fingerprint density at radius 2 is 2.24 bits per heavy atom. The molecule has 90 valence electrons. The van der Waals surface area contributed by atoms with E-state index in [1.54, 1.807) is 30.4 Å². The third-order valence-electron chi connectivity index (χ3n) is 2.79. The summed E-state index contributed by atoms with van der Waals surface area (Å²) in [5.41, 5.74) is 0.692. The van der Waals surface area contributed by atoms with Crippen LogP contribution in [0.25, 0.3) is 11.5 Å². The fourth-order valence-electron chi connectivity index (χ4n) is 1.72. The summed E-state index contributed by atoms with van der Waals surface area (Å²) in [6.07, 6.45) is 1.81. The summed E-state index contributed by atoms with van der Waals surface area (Å²) in [6.45, 7) is 0.817. The zero-order valence-electron chi connectivity index (χ0n) is 9.58. The highest BCUT2D eigenvalue weighted by Gasteiger charge is 2.26. The standard InChI is InChI=1S/C10H12N4O2S/c1-13-8-7(11-5-12-8)9(14(2)10(13)15)17-4-6-3-16-6/h5-6H,3-4H2,1-2H3. The van der Waals surface area contributed by atoms with Gasteiger partial charge in [0.15, 0.2) is 5.82 Å². The fourth-order valence-corrected chi connectivity index (χ4v) is 2.81. The number of aromatic nitrogens is 4. The van der Waals surface area contributed by atoms with E-state index in [0.717, 1.165) is 23.1 Å². The van der Waals surface area contributed by atoms with Gasteiger partial charge < -0.3 is 4.74 Å². The average Bonchev–Trinajstić information content (AvgIpc) is 3.02. The van der Waals surface area contributed by atoms with Crippen molar-refractivity contribution in [3.05, 3.63) is 16.8 Å². The molecule has 7 heteroatoms. The Balaban J connectivity index is 2.09. The van der Waals surface area contributed by atoms with Gasteiger partial charge in [0, 0.05) is 19.8 Å². The van der Waals surface area contributed by atoms with Gasteiger partial charge in [-0.1, -0.05) is 0 Å². The van der Waals surface area contributed by atoms with Gasteiger partial charge in [-0.3, -0.25) is 9.13 Å². The van der Waals surface area contributed by atoms with Crippen LogP contribution in [0.5, 0.6) is 0 Å². The van der Waals surface area contributed by atoms with Crippen LogP contribution in [0.4, 0.5) is 0 Å². The molecule has 6 nitrogen and oxygen atoms in total. The first-order valence-electron chi connectivity index (χ1n) is 5.29. The van der Waals surface area contributed by atoms with Crippen molar-refractivity contribution in [1.29, 1.82) is 0 Å². The lowest BCUT2D eigenvalue weighted by molar-refractivity contribution is 0.426. The SMILES string of the molecule is Cn1c2ncnc-2c(SCC2CO2)n(C)c1=O. The molecule has 3 aliphatic heterocycles. The van der Waals surface area contributed by atoms with Crippen molar-refractivity contribution in [3.63, 3.8) is 0 Å². The van der Waals surface area contributed by atoms with E-state index in [-0.39, 0.29) is 5.69 Å². The lowest BCUT2D eigenvalue weighted by Gasteiger charge is -2.13. The summed E-state index contributed by atoms with van der Waals surface area (Å²) >= 11 is 1.60.